The van der Waals surface area contributed by atoms with Crippen LogP contribution in [0.4, 0.5) is 4.39 Å². The summed E-state index contributed by atoms with van der Waals surface area (Å²) in [6.07, 6.45) is 1.24. The highest BCUT2D eigenvalue weighted by molar-refractivity contribution is 5.95. The van der Waals surface area contributed by atoms with Crippen molar-refractivity contribution in [1.82, 2.24) is 5.43 Å². The zero-order valence-electron chi connectivity index (χ0n) is 12.2. The Morgan fingerprint density at radius 1 is 1.14 bits per heavy atom. The van der Waals surface area contributed by atoms with E-state index in [9.17, 15) is 9.18 Å². The third-order valence-corrected chi connectivity index (χ3v) is 2.89. The van der Waals surface area contributed by atoms with E-state index in [0.717, 1.165) is 0 Å². The second-order valence-corrected chi connectivity index (χ2v) is 4.32. The van der Waals surface area contributed by atoms with Crippen molar-refractivity contribution in [3.05, 3.63) is 59.4 Å². The summed E-state index contributed by atoms with van der Waals surface area (Å²) >= 11 is 0. The van der Waals surface area contributed by atoms with Gasteiger partial charge in [-0.05, 0) is 18.2 Å². The molecule has 22 heavy (non-hydrogen) atoms. The van der Waals surface area contributed by atoms with Crippen molar-refractivity contribution in [2.75, 3.05) is 14.2 Å². The molecule has 5 nitrogen and oxygen atoms in total. The highest BCUT2D eigenvalue weighted by atomic mass is 19.1. The second kappa shape index (κ2) is 7.21. The minimum Gasteiger partial charge on any atom is -0.497 e. The molecule has 1 amide bonds. The Bertz CT molecular complexity index is 679. The summed E-state index contributed by atoms with van der Waals surface area (Å²) < 4.78 is 23.6. The van der Waals surface area contributed by atoms with Gasteiger partial charge in [-0.1, -0.05) is 18.2 Å². The molecule has 2 aromatic rings. The maximum Gasteiger partial charge on any atom is 0.271 e. The molecule has 0 saturated carbocycles. The van der Waals surface area contributed by atoms with E-state index in [1.807, 2.05) is 0 Å². The zero-order chi connectivity index (χ0) is 15.9. The van der Waals surface area contributed by atoms with Gasteiger partial charge >= 0.3 is 0 Å². The number of hydrogen-bond donors (Lipinski definition) is 1. The van der Waals surface area contributed by atoms with Crippen LogP contribution in [-0.4, -0.2) is 26.3 Å². The zero-order valence-corrected chi connectivity index (χ0v) is 12.2. The summed E-state index contributed by atoms with van der Waals surface area (Å²) in [5.74, 6) is 0.110. The van der Waals surface area contributed by atoms with Crippen LogP contribution in [0.5, 0.6) is 11.5 Å². The molecule has 0 aromatic heterocycles. The molecule has 2 aromatic carbocycles. The number of methoxy groups -OCH3 is 2. The van der Waals surface area contributed by atoms with Gasteiger partial charge in [-0.15, -0.1) is 0 Å². The summed E-state index contributed by atoms with van der Waals surface area (Å²) in [6.45, 7) is 0. The number of benzene rings is 2. The average Bonchev–Trinajstić information content (AvgIpc) is 2.55. The molecular weight excluding hydrogens is 287 g/mol. The number of amides is 1. The fraction of sp³-hybridized carbons (Fsp3) is 0.125. The van der Waals surface area contributed by atoms with E-state index in [4.69, 9.17) is 9.47 Å². The Kier molecular flexibility index (Phi) is 5.08. The lowest BCUT2D eigenvalue weighted by atomic mass is 10.2. The summed E-state index contributed by atoms with van der Waals surface area (Å²) in [7, 11) is 2.99. The van der Waals surface area contributed by atoms with E-state index in [1.54, 1.807) is 36.4 Å². The van der Waals surface area contributed by atoms with Gasteiger partial charge in [0.2, 0.25) is 0 Å². The van der Waals surface area contributed by atoms with E-state index in [2.05, 4.69) is 10.5 Å². The first-order valence-electron chi connectivity index (χ1n) is 6.45. The highest BCUT2D eigenvalue weighted by Gasteiger charge is 2.09. The van der Waals surface area contributed by atoms with Crippen molar-refractivity contribution in [3.8, 4) is 11.5 Å². The number of rotatable bonds is 5. The Morgan fingerprint density at radius 3 is 2.36 bits per heavy atom. The molecule has 0 atom stereocenters. The lowest BCUT2D eigenvalue weighted by Crippen LogP contribution is -2.17. The monoisotopic (exact) mass is 302 g/mol. The van der Waals surface area contributed by atoms with Crippen molar-refractivity contribution in [2.24, 2.45) is 5.10 Å². The minimum absolute atomic E-state index is 0.283. The summed E-state index contributed by atoms with van der Waals surface area (Å²) in [5.41, 5.74) is 2.93. The Balaban J connectivity index is 2.11. The number of nitrogens with zero attached hydrogens (tertiary/aromatic N) is 1. The predicted octanol–water partition coefficient (Wildman–Crippen LogP) is 2.61. The van der Waals surface area contributed by atoms with Gasteiger partial charge in [-0.3, -0.25) is 4.79 Å². The minimum atomic E-state index is -0.454. The Morgan fingerprint density at radius 2 is 1.77 bits per heavy atom. The molecule has 2 rings (SSSR count). The molecule has 0 bridgehead atoms. The molecule has 6 heteroatoms. The molecule has 0 heterocycles. The molecule has 0 aliphatic carbocycles. The van der Waals surface area contributed by atoms with Crippen LogP contribution in [0.3, 0.4) is 0 Å². The number of carbonyl (C=O) groups is 1. The predicted molar refractivity (Wildman–Crippen MR) is 81.0 cm³/mol. The van der Waals surface area contributed by atoms with Crippen LogP contribution in [-0.2, 0) is 0 Å². The maximum absolute atomic E-state index is 13.4. The molecule has 114 valence electrons. The van der Waals surface area contributed by atoms with Crippen molar-refractivity contribution in [3.63, 3.8) is 0 Å². The molecule has 0 fully saturated rings. The van der Waals surface area contributed by atoms with Crippen LogP contribution >= 0.6 is 0 Å². The summed E-state index contributed by atoms with van der Waals surface area (Å²) in [5, 5.41) is 3.74. The summed E-state index contributed by atoms with van der Waals surface area (Å²) in [4.78, 5) is 12.0. The number of carbonyl (C=O) groups excluding carboxylic acids is 1. The van der Waals surface area contributed by atoms with Gasteiger partial charge in [0.05, 0.1) is 20.4 Å². The van der Waals surface area contributed by atoms with Gasteiger partial charge in [-0.25, -0.2) is 9.82 Å². The van der Waals surface area contributed by atoms with Crippen molar-refractivity contribution in [2.45, 2.75) is 0 Å². The van der Waals surface area contributed by atoms with Crippen molar-refractivity contribution < 1.29 is 18.7 Å². The molecule has 0 radical (unpaired) electrons. The molecule has 1 N–H and O–H groups in total. The normalized spacial score (nSPS) is 10.5. The fourth-order valence-electron chi connectivity index (χ4n) is 1.74. The molecule has 0 aliphatic rings. The largest absolute Gasteiger partial charge is 0.497 e. The first-order chi connectivity index (χ1) is 10.6. The fourth-order valence-corrected chi connectivity index (χ4v) is 1.74. The van der Waals surface area contributed by atoms with E-state index >= 15 is 0 Å². The lowest BCUT2D eigenvalue weighted by molar-refractivity contribution is 0.0954. The molecule has 0 aliphatic heterocycles. The first kappa shape index (κ1) is 15.5. The van der Waals surface area contributed by atoms with Gasteiger partial charge in [-0.2, -0.15) is 5.10 Å². The van der Waals surface area contributed by atoms with Gasteiger partial charge in [0.15, 0.2) is 0 Å². The Hall–Kier alpha value is -2.89. The molecule has 0 saturated heterocycles. The van der Waals surface area contributed by atoms with E-state index < -0.39 is 11.7 Å². The molecule has 0 unspecified atom stereocenters. The second-order valence-electron chi connectivity index (χ2n) is 4.32. The van der Waals surface area contributed by atoms with Crippen LogP contribution < -0.4 is 14.9 Å². The van der Waals surface area contributed by atoms with Crippen molar-refractivity contribution in [1.29, 1.82) is 0 Å². The van der Waals surface area contributed by atoms with Crippen LogP contribution in [0.15, 0.2) is 47.6 Å². The van der Waals surface area contributed by atoms with Gasteiger partial charge < -0.3 is 9.47 Å². The van der Waals surface area contributed by atoms with Crippen LogP contribution in [0.25, 0.3) is 0 Å². The highest BCUT2D eigenvalue weighted by Crippen LogP contribution is 2.22. The quantitative estimate of drug-likeness (QED) is 0.682. The van der Waals surface area contributed by atoms with Crippen LogP contribution in [0.1, 0.15) is 15.9 Å². The van der Waals surface area contributed by atoms with Gasteiger partial charge in [0.25, 0.3) is 5.91 Å². The number of hydrogen-bond acceptors (Lipinski definition) is 4. The van der Waals surface area contributed by atoms with E-state index in [1.165, 1.54) is 26.5 Å². The van der Waals surface area contributed by atoms with Crippen molar-refractivity contribution >= 4 is 12.1 Å². The molecule has 0 spiro atoms. The smallest absolute Gasteiger partial charge is 0.271 e. The van der Waals surface area contributed by atoms with Gasteiger partial charge in [0.1, 0.15) is 17.3 Å². The number of ether oxygens (including phenoxy) is 2. The van der Waals surface area contributed by atoms with Crippen LogP contribution in [0.2, 0.25) is 0 Å². The lowest BCUT2D eigenvalue weighted by Gasteiger charge is -2.07. The average molecular weight is 302 g/mol. The molecular formula is C16H15FN2O3. The van der Waals surface area contributed by atoms with E-state index in [-0.39, 0.29) is 5.56 Å². The third-order valence-electron chi connectivity index (χ3n) is 2.89. The summed E-state index contributed by atoms with van der Waals surface area (Å²) in [6, 6.07) is 10.9. The maximum atomic E-state index is 13.4. The Labute approximate surface area is 127 Å². The van der Waals surface area contributed by atoms with E-state index in [0.29, 0.717) is 17.1 Å². The number of hydrazone groups is 1. The standard InChI is InChI=1S/C16H15FN2O3/c1-21-13-7-12(8-14(9-13)22-2)16(20)19-18-10-11-5-3-4-6-15(11)17/h3-10H,1-2H3,(H,19,20)/b18-10+. The third kappa shape index (κ3) is 3.82. The number of halogens is 1. The SMILES string of the molecule is COc1cc(OC)cc(C(=O)N/N=C/c2ccccc2F)c1. The topological polar surface area (TPSA) is 59.9 Å². The number of nitrogens with one attached hydrogen (secondary N) is 1. The van der Waals surface area contributed by atoms with Crippen LogP contribution in [0, 0.1) is 5.82 Å². The first-order valence-corrected chi connectivity index (χ1v) is 6.45. The van der Waals surface area contributed by atoms with Gasteiger partial charge in [0, 0.05) is 17.2 Å².